The highest BCUT2D eigenvalue weighted by Crippen LogP contribution is 2.27. The molecule has 0 unspecified atom stereocenters. The number of hydrogen-bond donors (Lipinski definition) is 2. The van der Waals surface area contributed by atoms with Gasteiger partial charge in [-0.2, -0.15) is 0 Å². The second-order valence-electron chi connectivity index (χ2n) is 8.16. The molecule has 1 heterocycles. The Hall–Kier alpha value is -4.43. The molecular weight excluding hydrogens is 482 g/mol. The van der Waals surface area contributed by atoms with Crippen molar-refractivity contribution in [1.82, 2.24) is 5.32 Å². The van der Waals surface area contributed by atoms with E-state index in [1.807, 2.05) is 19.1 Å². The predicted molar refractivity (Wildman–Crippen MR) is 137 cm³/mol. The van der Waals surface area contributed by atoms with E-state index in [1.165, 1.54) is 12.1 Å². The molecule has 8 nitrogen and oxygen atoms in total. The first-order valence-electron chi connectivity index (χ1n) is 11.0. The third kappa shape index (κ3) is 5.61. The Bertz CT molecular complexity index is 1380. The van der Waals surface area contributed by atoms with E-state index >= 15 is 0 Å². The predicted octanol–water partition coefficient (Wildman–Crippen LogP) is 4.64. The van der Waals surface area contributed by atoms with Crippen LogP contribution in [0.1, 0.15) is 16.7 Å². The Balaban J connectivity index is 1.44. The van der Waals surface area contributed by atoms with Gasteiger partial charge in [0.15, 0.2) is 6.61 Å². The Kier molecular flexibility index (Phi) is 7.17. The second kappa shape index (κ2) is 10.5. The number of rotatable bonds is 6. The minimum absolute atomic E-state index is 0.189. The van der Waals surface area contributed by atoms with E-state index in [4.69, 9.17) is 16.3 Å². The van der Waals surface area contributed by atoms with E-state index in [9.17, 15) is 19.2 Å². The maximum Gasteiger partial charge on any atom is 0.335 e. The topological polar surface area (TPSA) is 105 Å². The Morgan fingerprint density at radius 2 is 1.69 bits per heavy atom. The van der Waals surface area contributed by atoms with E-state index in [0.29, 0.717) is 22.0 Å². The number of urea groups is 1. The lowest BCUT2D eigenvalue weighted by atomic mass is 10.1. The first kappa shape index (κ1) is 24.7. The van der Waals surface area contributed by atoms with Crippen LogP contribution < -0.4 is 20.3 Å². The highest BCUT2D eigenvalue weighted by atomic mass is 35.5. The molecule has 5 amide bonds. The van der Waals surface area contributed by atoms with Crippen LogP contribution in [0, 0.1) is 13.8 Å². The summed E-state index contributed by atoms with van der Waals surface area (Å²) in [6, 6.07) is 17.8. The van der Waals surface area contributed by atoms with Crippen LogP contribution in [0.2, 0.25) is 5.02 Å². The number of amides is 5. The minimum atomic E-state index is -0.852. The number of benzene rings is 3. The van der Waals surface area contributed by atoms with Gasteiger partial charge in [-0.1, -0.05) is 47.5 Å². The number of carbonyl (C=O) groups is 4. The van der Waals surface area contributed by atoms with E-state index in [0.717, 1.165) is 16.0 Å². The van der Waals surface area contributed by atoms with Crippen LogP contribution in [0.25, 0.3) is 6.08 Å². The number of aryl methyl sites for hydroxylation is 2. The lowest BCUT2D eigenvalue weighted by Crippen LogP contribution is -2.54. The van der Waals surface area contributed by atoms with Crippen molar-refractivity contribution in [2.75, 3.05) is 16.8 Å². The lowest BCUT2D eigenvalue weighted by molar-refractivity contribution is -0.122. The quantitative estimate of drug-likeness (QED) is 0.376. The number of carbonyl (C=O) groups excluding carboxylic acids is 4. The molecule has 0 spiro atoms. The average molecular weight is 504 g/mol. The van der Waals surface area contributed by atoms with E-state index in [1.54, 1.807) is 55.5 Å². The zero-order valence-corrected chi connectivity index (χ0v) is 20.3. The molecule has 4 rings (SSSR count). The zero-order chi connectivity index (χ0) is 25.8. The van der Waals surface area contributed by atoms with Crippen molar-refractivity contribution in [3.63, 3.8) is 0 Å². The van der Waals surface area contributed by atoms with Gasteiger partial charge in [-0.25, -0.2) is 9.69 Å². The molecule has 1 aliphatic heterocycles. The van der Waals surface area contributed by atoms with Gasteiger partial charge in [-0.15, -0.1) is 0 Å². The van der Waals surface area contributed by atoms with Gasteiger partial charge in [0.1, 0.15) is 11.3 Å². The maximum atomic E-state index is 13.0. The summed E-state index contributed by atoms with van der Waals surface area (Å²) in [5, 5.41) is 5.31. The molecular formula is C27H22ClN3O5. The molecule has 2 N–H and O–H groups in total. The molecule has 182 valence electrons. The Morgan fingerprint density at radius 1 is 1.00 bits per heavy atom. The molecule has 0 atom stereocenters. The van der Waals surface area contributed by atoms with Crippen LogP contribution in [0.3, 0.4) is 0 Å². The molecule has 0 radical (unpaired) electrons. The van der Waals surface area contributed by atoms with Gasteiger partial charge in [-0.3, -0.25) is 19.7 Å². The summed E-state index contributed by atoms with van der Waals surface area (Å²) in [6.45, 7) is 3.56. The molecule has 1 aliphatic rings. The first-order valence-corrected chi connectivity index (χ1v) is 11.4. The molecule has 0 bridgehead atoms. The van der Waals surface area contributed by atoms with Crippen molar-refractivity contribution >= 4 is 52.8 Å². The number of hydrogen-bond acceptors (Lipinski definition) is 5. The maximum absolute atomic E-state index is 13.0. The number of nitrogens with one attached hydrogen (secondary N) is 2. The van der Waals surface area contributed by atoms with Gasteiger partial charge in [0, 0.05) is 10.7 Å². The SMILES string of the molecule is Cc1ccc(NC(=O)COc2ccc(/C=C3\C(=O)NC(=O)N(c4ccc(C)c(Cl)c4)C3=O)cc2)cc1. The highest BCUT2D eigenvalue weighted by Gasteiger charge is 2.36. The van der Waals surface area contributed by atoms with Crippen LogP contribution in [0.15, 0.2) is 72.3 Å². The van der Waals surface area contributed by atoms with Gasteiger partial charge < -0.3 is 10.1 Å². The van der Waals surface area contributed by atoms with E-state index in [-0.39, 0.29) is 23.8 Å². The molecule has 36 heavy (non-hydrogen) atoms. The summed E-state index contributed by atoms with van der Waals surface area (Å²) in [7, 11) is 0. The number of halogens is 1. The van der Waals surface area contributed by atoms with Crippen molar-refractivity contribution in [1.29, 1.82) is 0 Å². The smallest absolute Gasteiger partial charge is 0.335 e. The van der Waals surface area contributed by atoms with Gasteiger partial charge in [0.2, 0.25) is 0 Å². The molecule has 1 fully saturated rings. The van der Waals surface area contributed by atoms with Crippen LogP contribution in [0.5, 0.6) is 5.75 Å². The largest absolute Gasteiger partial charge is 0.484 e. The normalized spacial score (nSPS) is 14.6. The molecule has 9 heteroatoms. The molecule has 3 aromatic carbocycles. The first-order chi connectivity index (χ1) is 17.2. The Morgan fingerprint density at radius 3 is 2.36 bits per heavy atom. The minimum Gasteiger partial charge on any atom is -0.484 e. The molecule has 1 saturated heterocycles. The number of imide groups is 2. The van der Waals surface area contributed by atoms with E-state index in [2.05, 4.69) is 10.6 Å². The fourth-order valence-electron chi connectivity index (χ4n) is 3.42. The van der Waals surface area contributed by atoms with E-state index < -0.39 is 17.8 Å². The molecule has 3 aromatic rings. The summed E-state index contributed by atoms with van der Waals surface area (Å²) >= 11 is 6.14. The van der Waals surface area contributed by atoms with Crippen molar-refractivity contribution in [3.8, 4) is 5.75 Å². The zero-order valence-electron chi connectivity index (χ0n) is 19.5. The average Bonchev–Trinajstić information content (AvgIpc) is 2.85. The fraction of sp³-hybridized carbons (Fsp3) is 0.111. The number of nitrogens with zero attached hydrogens (tertiary/aromatic N) is 1. The Labute approximate surface area is 212 Å². The molecule has 0 saturated carbocycles. The van der Waals surface area contributed by atoms with Crippen LogP contribution in [-0.4, -0.2) is 30.4 Å². The van der Waals surface area contributed by atoms with Gasteiger partial charge in [0.25, 0.3) is 17.7 Å². The van der Waals surface area contributed by atoms with Crippen molar-refractivity contribution in [3.05, 3.63) is 94.0 Å². The number of anilines is 2. The van der Waals surface area contributed by atoms with Crippen LogP contribution >= 0.6 is 11.6 Å². The van der Waals surface area contributed by atoms with Crippen molar-refractivity contribution in [2.45, 2.75) is 13.8 Å². The second-order valence-corrected chi connectivity index (χ2v) is 8.57. The third-order valence-corrected chi connectivity index (χ3v) is 5.82. The highest BCUT2D eigenvalue weighted by molar-refractivity contribution is 6.39. The monoisotopic (exact) mass is 503 g/mol. The molecule has 0 aliphatic carbocycles. The van der Waals surface area contributed by atoms with Crippen LogP contribution in [0.4, 0.5) is 16.2 Å². The van der Waals surface area contributed by atoms with Gasteiger partial charge in [-0.05, 0) is 67.4 Å². The summed E-state index contributed by atoms with van der Waals surface area (Å²) < 4.78 is 5.52. The summed E-state index contributed by atoms with van der Waals surface area (Å²) in [6.07, 6.45) is 1.38. The third-order valence-electron chi connectivity index (χ3n) is 5.41. The molecule has 0 aromatic heterocycles. The van der Waals surface area contributed by atoms with Gasteiger partial charge >= 0.3 is 6.03 Å². The number of barbiturate groups is 1. The summed E-state index contributed by atoms with van der Waals surface area (Å²) in [5.74, 6) is -1.44. The standard InChI is InChI=1S/C27H22ClN3O5/c1-16-3-8-19(9-4-16)29-24(32)15-36-21-11-6-18(7-12-21)13-22-25(33)30-27(35)31(26(22)34)20-10-5-17(2)23(28)14-20/h3-14H,15H2,1-2H3,(H,29,32)(H,30,33,35)/b22-13+. The summed E-state index contributed by atoms with van der Waals surface area (Å²) in [5.41, 5.74) is 3.11. The summed E-state index contributed by atoms with van der Waals surface area (Å²) in [4.78, 5) is 50.8. The van der Waals surface area contributed by atoms with Crippen LogP contribution in [-0.2, 0) is 14.4 Å². The van der Waals surface area contributed by atoms with Crippen molar-refractivity contribution < 1.29 is 23.9 Å². The lowest BCUT2D eigenvalue weighted by Gasteiger charge is -2.26. The van der Waals surface area contributed by atoms with Gasteiger partial charge in [0.05, 0.1) is 5.69 Å². The van der Waals surface area contributed by atoms with Crippen molar-refractivity contribution in [2.24, 2.45) is 0 Å². The number of ether oxygens (including phenoxy) is 1. The fourth-order valence-corrected chi connectivity index (χ4v) is 3.60.